The fourth-order valence-electron chi connectivity index (χ4n) is 5.91. The molecule has 2 N–H and O–H groups in total. The first-order chi connectivity index (χ1) is 17.5. The lowest BCUT2D eigenvalue weighted by Crippen LogP contribution is -2.42. The molecule has 3 aliphatic rings. The Morgan fingerprint density at radius 3 is 2.61 bits per heavy atom. The van der Waals surface area contributed by atoms with E-state index in [2.05, 4.69) is 0 Å². The maximum absolute atomic E-state index is 13.4. The smallest absolute Gasteiger partial charge is 0.321 e. The minimum absolute atomic E-state index is 0.110. The number of rotatable bonds is 6. The topological polar surface area (TPSA) is 101 Å². The normalized spacial score (nSPS) is 24.2. The first kappa shape index (κ1) is 22.6. The van der Waals surface area contributed by atoms with Crippen LogP contribution < -0.4 is 15.0 Å². The van der Waals surface area contributed by atoms with Gasteiger partial charge in [-0.05, 0) is 41.5 Å². The van der Waals surface area contributed by atoms with Crippen molar-refractivity contribution in [3.63, 3.8) is 0 Å². The number of ether oxygens (including phenoxy) is 2. The molecule has 1 fully saturated rings. The molecule has 6 rings (SSSR count). The molecule has 0 bridgehead atoms. The molecule has 1 saturated heterocycles. The molecule has 0 unspecified atom stereocenters. The summed E-state index contributed by atoms with van der Waals surface area (Å²) in [7, 11) is 0. The van der Waals surface area contributed by atoms with E-state index in [9.17, 15) is 19.8 Å². The molecule has 0 saturated carbocycles. The Labute approximate surface area is 207 Å². The predicted octanol–water partition coefficient (Wildman–Crippen LogP) is 3.00. The minimum Gasteiger partial charge on any atom is -0.480 e. The van der Waals surface area contributed by atoms with Crippen molar-refractivity contribution in [1.82, 2.24) is 9.47 Å². The zero-order valence-electron chi connectivity index (χ0n) is 19.5. The Bertz CT molecular complexity index is 1400. The highest BCUT2D eigenvalue weighted by Crippen LogP contribution is 2.50. The van der Waals surface area contributed by atoms with Crippen LogP contribution in [0, 0.1) is 11.8 Å². The van der Waals surface area contributed by atoms with Crippen LogP contribution in [0.3, 0.4) is 0 Å². The number of fused-ring (bicyclic) bond motifs is 4. The number of pyridine rings is 1. The zero-order chi connectivity index (χ0) is 24.8. The van der Waals surface area contributed by atoms with Crippen molar-refractivity contribution >= 4 is 18.1 Å². The third-order valence-electron chi connectivity index (χ3n) is 7.53. The number of aromatic nitrogens is 1. The molecule has 2 aromatic carbocycles. The van der Waals surface area contributed by atoms with Gasteiger partial charge in [-0.15, -0.1) is 0 Å². The van der Waals surface area contributed by atoms with Crippen molar-refractivity contribution in [3.8, 4) is 11.5 Å². The molecule has 3 aromatic rings. The summed E-state index contributed by atoms with van der Waals surface area (Å²) in [5.41, 5.74) is 3.12. The number of carboxylic acids is 1. The number of benzene rings is 2. The van der Waals surface area contributed by atoms with E-state index in [1.165, 1.54) is 0 Å². The quantitative estimate of drug-likeness (QED) is 0.552. The van der Waals surface area contributed by atoms with E-state index in [-0.39, 0.29) is 30.9 Å². The van der Waals surface area contributed by atoms with Gasteiger partial charge < -0.3 is 24.3 Å². The summed E-state index contributed by atoms with van der Waals surface area (Å²) in [6, 6.07) is 17.9. The second kappa shape index (κ2) is 8.96. The van der Waals surface area contributed by atoms with Crippen molar-refractivity contribution in [2.75, 3.05) is 13.4 Å². The van der Waals surface area contributed by atoms with E-state index in [0.29, 0.717) is 30.2 Å². The van der Waals surface area contributed by atoms with E-state index in [1.807, 2.05) is 71.6 Å². The number of nitrogens with zero attached hydrogens (tertiary/aromatic N) is 2. The summed E-state index contributed by atoms with van der Waals surface area (Å²) >= 11 is 0. The highest BCUT2D eigenvalue weighted by Gasteiger charge is 2.55. The summed E-state index contributed by atoms with van der Waals surface area (Å²) in [6.45, 7) is 0.613. The number of carboxylic acid groups (broad SMARTS) is 1. The average Bonchev–Trinajstić information content (AvgIpc) is 3.58. The first-order valence-electron chi connectivity index (χ1n) is 12.0. The number of aliphatic hydroxyl groups excluding tert-OH is 1. The minimum atomic E-state index is -0.972. The Morgan fingerprint density at radius 2 is 1.83 bits per heavy atom. The van der Waals surface area contributed by atoms with E-state index in [4.69, 9.17) is 9.47 Å². The van der Waals surface area contributed by atoms with Crippen LogP contribution >= 0.6 is 0 Å². The van der Waals surface area contributed by atoms with Gasteiger partial charge in [0, 0.05) is 42.8 Å². The predicted molar refractivity (Wildman–Crippen MR) is 132 cm³/mol. The van der Waals surface area contributed by atoms with Crippen LogP contribution in [0.4, 0.5) is 0 Å². The second-order valence-electron chi connectivity index (χ2n) is 9.47. The van der Waals surface area contributed by atoms with Gasteiger partial charge in [0.25, 0.3) is 5.56 Å². The lowest BCUT2D eigenvalue weighted by molar-refractivity contribution is -0.145. The SMILES string of the molecule is O=C(O)[C@@H]1[C@@H](CO)[C@@H]2Cn3c(ccc(/C=C/c4ccccc4)c3=O)[C@@H]2N1Cc1ccc2c(c1)OCO2. The largest absolute Gasteiger partial charge is 0.480 e. The standard InChI is InChI=1S/C28H26N2O6/c31-15-21-20-14-29-22(10-9-19(27(29)32)8-6-17-4-2-1-3-5-17)25(20)30(26(21)28(33)34)13-18-7-11-23-24(12-18)36-16-35-23/h1-12,20-21,25-26,31H,13-16H2,(H,33,34)/b8-6+/t20-,21-,25+,26-/m0/s1. The molecule has 184 valence electrons. The average molecular weight is 487 g/mol. The Morgan fingerprint density at radius 1 is 1.03 bits per heavy atom. The van der Waals surface area contributed by atoms with Crippen molar-refractivity contribution in [2.24, 2.45) is 11.8 Å². The second-order valence-corrected chi connectivity index (χ2v) is 9.47. The number of aliphatic carboxylic acids is 1. The molecule has 8 heteroatoms. The molecule has 0 spiro atoms. The zero-order valence-corrected chi connectivity index (χ0v) is 19.5. The van der Waals surface area contributed by atoms with E-state index in [1.54, 1.807) is 10.6 Å². The molecular weight excluding hydrogens is 460 g/mol. The molecule has 3 aliphatic heterocycles. The third kappa shape index (κ3) is 3.70. The van der Waals surface area contributed by atoms with Gasteiger partial charge in [0.05, 0.1) is 6.04 Å². The number of aliphatic hydroxyl groups is 1. The maximum atomic E-state index is 13.4. The van der Waals surface area contributed by atoms with Crippen LogP contribution in [0.15, 0.2) is 65.5 Å². The van der Waals surface area contributed by atoms with Gasteiger partial charge >= 0.3 is 5.97 Å². The summed E-state index contributed by atoms with van der Waals surface area (Å²) in [6.07, 6.45) is 3.72. The monoisotopic (exact) mass is 486 g/mol. The molecule has 0 amide bonds. The van der Waals surface area contributed by atoms with E-state index < -0.39 is 17.9 Å². The molecular formula is C28H26N2O6. The van der Waals surface area contributed by atoms with Gasteiger partial charge in [-0.25, -0.2) is 0 Å². The Balaban J connectivity index is 1.36. The number of hydrogen-bond donors (Lipinski definition) is 2. The highest BCUT2D eigenvalue weighted by molar-refractivity contribution is 5.75. The molecule has 1 aromatic heterocycles. The molecule has 0 aliphatic carbocycles. The van der Waals surface area contributed by atoms with Crippen molar-refractivity contribution in [2.45, 2.75) is 25.2 Å². The van der Waals surface area contributed by atoms with E-state index >= 15 is 0 Å². The van der Waals surface area contributed by atoms with Gasteiger partial charge in [-0.3, -0.25) is 14.5 Å². The Kier molecular flexibility index (Phi) is 5.62. The molecule has 36 heavy (non-hydrogen) atoms. The highest BCUT2D eigenvalue weighted by atomic mass is 16.7. The number of carbonyl (C=O) groups is 1. The van der Waals surface area contributed by atoms with Crippen LogP contribution in [0.5, 0.6) is 11.5 Å². The van der Waals surface area contributed by atoms with Crippen LogP contribution in [-0.4, -0.2) is 45.1 Å². The maximum Gasteiger partial charge on any atom is 0.321 e. The fourth-order valence-corrected chi connectivity index (χ4v) is 5.91. The van der Waals surface area contributed by atoms with Crippen LogP contribution in [-0.2, 0) is 17.9 Å². The fraction of sp³-hybridized carbons (Fsp3) is 0.286. The van der Waals surface area contributed by atoms with Crippen LogP contribution in [0.1, 0.15) is 28.4 Å². The van der Waals surface area contributed by atoms with Crippen LogP contribution in [0.25, 0.3) is 12.2 Å². The van der Waals surface area contributed by atoms with Gasteiger partial charge in [-0.1, -0.05) is 42.5 Å². The lowest BCUT2D eigenvalue weighted by Gasteiger charge is -2.29. The Hall–Kier alpha value is -3.88. The van der Waals surface area contributed by atoms with Gasteiger partial charge in [0.15, 0.2) is 11.5 Å². The number of likely N-dealkylation sites (tertiary alicyclic amines) is 1. The van der Waals surface area contributed by atoms with Gasteiger partial charge in [0.1, 0.15) is 6.04 Å². The van der Waals surface area contributed by atoms with Crippen molar-refractivity contribution in [3.05, 3.63) is 93.4 Å². The molecule has 8 nitrogen and oxygen atoms in total. The summed E-state index contributed by atoms with van der Waals surface area (Å²) in [5.74, 6) is -0.363. The van der Waals surface area contributed by atoms with Gasteiger partial charge in [-0.2, -0.15) is 0 Å². The third-order valence-corrected chi connectivity index (χ3v) is 7.53. The van der Waals surface area contributed by atoms with Crippen LogP contribution in [0.2, 0.25) is 0 Å². The summed E-state index contributed by atoms with van der Waals surface area (Å²) < 4.78 is 12.6. The lowest BCUT2D eigenvalue weighted by atomic mass is 9.88. The van der Waals surface area contributed by atoms with Gasteiger partial charge in [0.2, 0.25) is 6.79 Å². The molecule has 4 atom stereocenters. The summed E-state index contributed by atoms with van der Waals surface area (Å²) in [4.78, 5) is 27.7. The van der Waals surface area contributed by atoms with E-state index in [0.717, 1.165) is 16.8 Å². The first-order valence-corrected chi connectivity index (χ1v) is 12.0. The number of hydrogen-bond acceptors (Lipinski definition) is 6. The van der Waals surface area contributed by atoms with Crippen molar-refractivity contribution < 1.29 is 24.5 Å². The molecule has 0 radical (unpaired) electrons. The molecule has 4 heterocycles. The van der Waals surface area contributed by atoms with Crippen molar-refractivity contribution in [1.29, 1.82) is 0 Å². The summed E-state index contributed by atoms with van der Waals surface area (Å²) in [5, 5.41) is 20.4.